The molecule has 0 aliphatic heterocycles. The second-order valence-corrected chi connectivity index (χ2v) is 5.14. The van der Waals surface area contributed by atoms with Crippen LogP contribution < -0.4 is 5.32 Å². The van der Waals surface area contributed by atoms with Crippen LogP contribution in [0.4, 0.5) is 0 Å². The Hall–Kier alpha value is -1.84. The van der Waals surface area contributed by atoms with Crippen molar-refractivity contribution >= 4 is 17.5 Å². The standard InChI is InChI=1S/C17H18ClNO2/c18-11-14-6-8-15(9-7-14)17(21)19-16(12-20)10-13-4-2-1-3-5-13/h1-9,16,20H,10-12H2,(H,19,21). The molecule has 0 spiro atoms. The Morgan fingerprint density at radius 1 is 1.05 bits per heavy atom. The number of amides is 1. The number of rotatable bonds is 6. The van der Waals surface area contributed by atoms with E-state index in [0.717, 1.165) is 11.1 Å². The van der Waals surface area contributed by atoms with Gasteiger partial charge in [0.1, 0.15) is 0 Å². The molecule has 1 amide bonds. The number of carbonyl (C=O) groups excluding carboxylic acids is 1. The van der Waals surface area contributed by atoms with E-state index >= 15 is 0 Å². The number of alkyl halides is 1. The first-order valence-corrected chi connectivity index (χ1v) is 7.37. The van der Waals surface area contributed by atoms with Crippen molar-refractivity contribution in [3.05, 3.63) is 71.3 Å². The molecule has 0 aliphatic carbocycles. The van der Waals surface area contributed by atoms with Crippen LogP contribution in [-0.4, -0.2) is 23.7 Å². The summed E-state index contributed by atoms with van der Waals surface area (Å²) >= 11 is 5.72. The van der Waals surface area contributed by atoms with E-state index in [1.807, 2.05) is 42.5 Å². The highest BCUT2D eigenvalue weighted by Crippen LogP contribution is 2.08. The summed E-state index contributed by atoms with van der Waals surface area (Å²) in [6, 6.07) is 16.6. The maximum Gasteiger partial charge on any atom is 0.251 e. The molecule has 0 fully saturated rings. The Balaban J connectivity index is 1.98. The lowest BCUT2D eigenvalue weighted by Crippen LogP contribution is -2.39. The predicted octanol–water partition coefficient (Wildman–Crippen LogP) is 2.76. The van der Waals surface area contributed by atoms with E-state index in [4.69, 9.17) is 11.6 Å². The summed E-state index contributed by atoms with van der Waals surface area (Å²) < 4.78 is 0. The van der Waals surface area contributed by atoms with Gasteiger partial charge in [-0.05, 0) is 29.7 Å². The maximum atomic E-state index is 12.1. The van der Waals surface area contributed by atoms with Gasteiger partial charge in [-0.1, -0.05) is 42.5 Å². The van der Waals surface area contributed by atoms with Crippen molar-refractivity contribution in [1.29, 1.82) is 0 Å². The molecule has 21 heavy (non-hydrogen) atoms. The van der Waals surface area contributed by atoms with Gasteiger partial charge in [0.15, 0.2) is 0 Å². The lowest BCUT2D eigenvalue weighted by molar-refractivity contribution is 0.0916. The fourth-order valence-electron chi connectivity index (χ4n) is 2.07. The van der Waals surface area contributed by atoms with E-state index in [1.54, 1.807) is 12.1 Å². The number of aliphatic hydroxyl groups is 1. The van der Waals surface area contributed by atoms with Crippen LogP contribution in [0.2, 0.25) is 0 Å². The lowest BCUT2D eigenvalue weighted by Gasteiger charge is -2.16. The highest BCUT2D eigenvalue weighted by atomic mass is 35.5. The molecular weight excluding hydrogens is 286 g/mol. The average molecular weight is 304 g/mol. The molecule has 1 atom stereocenters. The monoisotopic (exact) mass is 303 g/mol. The van der Waals surface area contributed by atoms with Crippen LogP contribution in [0, 0.1) is 0 Å². The molecule has 2 rings (SSSR count). The van der Waals surface area contributed by atoms with Crippen molar-refractivity contribution in [2.45, 2.75) is 18.3 Å². The van der Waals surface area contributed by atoms with Crippen molar-refractivity contribution in [1.82, 2.24) is 5.32 Å². The number of aliphatic hydroxyl groups excluding tert-OH is 1. The Bertz CT molecular complexity index is 569. The predicted molar refractivity (Wildman–Crippen MR) is 84.5 cm³/mol. The first-order chi connectivity index (χ1) is 10.2. The van der Waals surface area contributed by atoms with Gasteiger partial charge >= 0.3 is 0 Å². The van der Waals surface area contributed by atoms with Crippen LogP contribution in [0.25, 0.3) is 0 Å². The first-order valence-electron chi connectivity index (χ1n) is 6.83. The van der Waals surface area contributed by atoms with Gasteiger partial charge in [0, 0.05) is 11.4 Å². The lowest BCUT2D eigenvalue weighted by atomic mass is 10.1. The molecule has 2 N–H and O–H groups in total. The number of carbonyl (C=O) groups is 1. The normalized spacial score (nSPS) is 11.9. The highest BCUT2D eigenvalue weighted by Gasteiger charge is 2.13. The van der Waals surface area contributed by atoms with Crippen LogP contribution >= 0.6 is 11.6 Å². The summed E-state index contributed by atoms with van der Waals surface area (Å²) in [6.07, 6.45) is 0.600. The molecule has 0 heterocycles. The Labute approximate surface area is 129 Å². The van der Waals surface area contributed by atoms with Crippen molar-refractivity contribution in [3.8, 4) is 0 Å². The summed E-state index contributed by atoms with van der Waals surface area (Å²) in [4.78, 5) is 12.1. The van der Waals surface area contributed by atoms with Crippen LogP contribution in [0.3, 0.4) is 0 Å². The van der Waals surface area contributed by atoms with Crippen molar-refractivity contribution in [3.63, 3.8) is 0 Å². The van der Waals surface area contributed by atoms with Crippen LogP contribution in [-0.2, 0) is 12.3 Å². The summed E-state index contributed by atoms with van der Waals surface area (Å²) in [5.41, 5.74) is 2.61. The second kappa shape index (κ2) is 7.81. The van der Waals surface area contributed by atoms with Crippen LogP contribution in [0.1, 0.15) is 21.5 Å². The molecule has 2 aromatic rings. The number of benzene rings is 2. The van der Waals surface area contributed by atoms with E-state index in [1.165, 1.54) is 0 Å². The zero-order valence-electron chi connectivity index (χ0n) is 11.6. The topological polar surface area (TPSA) is 49.3 Å². The largest absolute Gasteiger partial charge is 0.394 e. The summed E-state index contributed by atoms with van der Waals surface area (Å²) in [5, 5.41) is 12.3. The van der Waals surface area contributed by atoms with E-state index in [9.17, 15) is 9.90 Å². The molecule has 0 radical (unpaired) electrons. The molecule has 0 saturated carbocycles. The van der Waals surface area contributed by atoms with Crippen molar-refractivity contribution in [2.24, 2.45) is 0 Å². The van der Waals surface area contributed by atoms with Gasteiger partial charge in [-0.25, -0.2) is 0 Å². The third kappa shape index (κ3) is 4.59. The highest BCUT2D eigenvalue weighted by molar-refractivity contribution is 6.17. The minimum atomic E-state index is -0.299. The van der Waals surface area contributed by atoms with Gasteiger partial charge < -0.3 is 10.4 Å². The molecule has 4 heteroatoms. The van der Waals surface area contributed by atoms with Gasteiger partial charge in [0.25, 0.3) is 5.91 Å². The number of nitrogens with one attached hydrogen (secondary N) is 1. The second-order valence-electron chi connectivity index (χ2n) is 4.87. The Morgan fingerprint density at radius 2 is 1.71 bits per heavy atom. The quantitative estimate of drug-likeness (QED) is 0.806. The van der Waals surface area contributed by atoms with E-state index < -0.39 is 0 Å². The minimum absolute atomic E-state index is 0.0968. The molecule has 0 aromatic heterocycles. The van der Waals surface area contributed by atoms with E-state index in [2.05, 4.69) is 5.32 Å². The minimum Gasteiger partial charge on any atom is -0.394 e. The number of hydrogen-bond donors (Lipinski definition) is 2. The van der Waals surface area contributed by atoms with Crippen LogP contribution in [0.15, 0.2) is 54.6 Å². The first kappa shape index (κ1) is 15.5. The molecule has 1 unspecified atom stereocenters. The summed E-state index contributed by atoms with van der Waals surface area (Å²) in [5.74, 6) is 0.237. The molecule has 0 saturated heterocycles. The smallest absolute Gasteiger partial charge is 0.251 e. The third-order valence-corrected chi connectivity index (χ3v) is 3.56. The molecule has 0 aliphatic rings. The third-order valence-electron chi connectivity index (χ3n) is 3.25. The Morgan fingerprint density at radius 3 is 2.29 bits per heavy atom. The number of halogens is 1. The van der Waals surface area contributed by atoms with Gasteiger partial charge in [-0.2, -0.15) is 0 Å². The van der Waals surface area contributed by atoms with Gasteiger partial charge in [0.05, 0.1) is 12.6 Å². The Kier molecular flexibility index (Phi) is 5.78. The van der Waals surface area contributed by atoms with Crippen molar-refractivity contribution in [2.75, 3.05) is 6.61 Å². The van der Waals surface area contributed by atoms with Crippen LogP contribution in [0.5, 0.6) is 0 Å². The zero-order chi connectivity index (χ0) is 15.1. The fraction of sp³-hybridized carbons (Fsp3) is 0.235. The maximum absolute atomic E-state index is 12.1. The van der Waals surface area contributed by atoms with Gasteiger partial charge in [-0.3, -0.25) is 4.79 Å². The SMILES string of the molecule is O=C(NC(CO)Cc1ccccc1)c1ccc(CCl)cc1. The average Bonchev–Trinajstić information content (AvgIpc) is 2.55. The summed E-state index contributed by atoms with van der Waals surface area (Å²) in [6.45, 7) is -0.0968. The fourth-order valence-corrected chi connectivity index (χ4v) is 2.25. The summed E-state index contributed by atoms with van der Waals surface area (Å²) in [7, 11) is 0. The van der Waals surface area contributed by atoms with E-state index in [-0.39, 0.29) is 18.6 Å². The van der Waals surface area contributed by atoms with Gasteiger partial charge in [0.2, 0.25) is 0 Å². The van der Waals surface area contributed by atoms with Crippen molar-refractivity contribution < 1.29 is 9.90 Å². The van der Waals surface area contributed by atoms with Gasteiger partial charge in [-0.15, -0.1) is 11.6 Å². The molecule has 110 valence electrons. The molecule has 2 aromatic carbocycles. The number of hydrogen-bond acceptors (Lipinski definition) is 2. The zero-order valence-corrected chi connectivity index (χ0v) is 12.4. The van der Waals surface area contributed by atoms with E-state index in [0.29, 0.717) is 17.9 Å². The molecule has 0 bridgehead atoms. The molecule has 3 nitrogen and oxygen atoms in total. The molecular formula is C17H18ClNO2.